The number of oxime groups is 1. The largest absolute Gasteiger partial charge is 0.409 e. The van der Waals surface area contributed by atoms with Gasteiger partial charge in [0.05, 0.1) is 0 Å². The van der Waals surface area contributed by atoms with E-state index in [1.807, 2.05) is 19.1 Å². The van der Waals surface area contributed by atoms with Gasteiger partial charge in [-0.2, -0.15) is 0 Å². The topological polar surface area (TPSA) is 70.6 Å². The molecule has 0 heterocycles. The van der Waals surface area contributed by atoms with Crippen LogP contribution in [0.15, 0.2) is 29.4 Å². The van der Waals surface area contributed by atoms with E-state index in [1.54, 1.807) is 0 Å². The van der Waals surface area contributed by atoms with Gasteiger partial charge in [0, 0.05) is 18.5 Å². The molecule has 0 amide bonds. The summed E-state index contributed by atoms with van der Waals surface area (Å²) < 4.78 is 0. The Morgan fingerprint density at radius 3 is 2.65 bits per heavy atom. The summed E-state index contributed by atoms with van der Waals surface area (Å²) in [6, 6.07) is 8.53. The van der Waals surface area contributed by atoms with Crippen LogP contribution in [-0.2, 0) is 0 Å². The van der Waals surface area contributed by atoms with Crippen molar-refractivity contribution in [2.45, 2.75) is 26.8 Å². The summed E-state index contributed by atoms with van der Waals surface area (Å²) in [5, 5.41) is 15.0. The zero-order chi connectivity index (χ0) is 12.8. The number of benzene rings is 1. The van der Waals surface area contributed by atoms with Crippen molar-refractivity contribution in [3.05, 3.63) is 35.4 Å². The van der Waals surface area contributed by atoms with Crippen molar-refractivity contribution in [1.82, 2.24) is 5.32 Å². The van der Waals surface area contributed by atoms with Crippen molar-refractivity contribution in [2.24, 2.45) is 16.8 Å². The predicted molar refractivity (Wildman–Crippen MR) is 70.2 cm³/mol. The van der Waals surface area contributed by atoms with Crippen LogP contribution in [-0.4, -0.2) is 17.6 Å². The molecule has 0 bridgehead atoms. The average Bonchev–Trinajstić information content (AvgIpc) is 2.35. The Morgan fingerprint density at radius 2 is 2.06 bits per heavy atom. The minimum absolute atomic E-state index is 0.0199. The van der Waals surface area contributed by atoms with E-state index < -0.39 is 0 Å². The zero-order valence-corrected chi connectivity index (χ0v) is 10.6. The number of nitrogens with zero attached hydrogens (tertiary/aromatic N) is 1. The summed E-state index contributed by atoms with van der Waals surface area (Å²) in [4.78, 5) is 0. The Labute approximate surface area is 103 Å². The lowest BCUT2D eigenvalue weighted by Gasteiger charge is -2.19. The highest BCUT2D eigenvalue weighted by atomic mass is 16.4. The van der Waals surface area contributed by atoms with E-state index >= 15 is 0 Å². The lowest BCUT2D eigenvalue weighted by molar-refractivity contribution is 0.313. The highest BCUT2D eigenvalue weighted by molar-refractivity contribution is 5.82. The third-order valence-electron chi connectivity index (χ3n) is 3.01. The molecule has 0 aromatic heterocycles. The van der Waals surface area contributed by atoms with E-state index in [9.17, 15) is 0 Å². The molecule has 1 rings (SSSR count). The van der Waals surface area contributed by atoms with Crippen LogP contribution in [0.1, 0.15) is 31.0 Å². The van der Waals surface area contributed by atoms with Crippen LogP contribution in [0.25, 0.3) is 0 Å². The van der Waals surface area contributed by atoms with E-state index in [-0.39, 0.29) is 17.8 Å². The van der Waals surface area contributed by atoms with Gasteiger partial charge in [0.2, 0.25) is 0 Å². The molecule has 1 aromatic rings. The number of rotatable bonds is 5. The van der Waals surface area contributed by atoms with Crippen molar-refractivity contribution in [1.29, 1.82) is 0 Å². The lowest BCUT2D eigenvalue weighted by atomic mass is 10.0. The van der Waals surface area contributed by atoms with Crippen LogP contribution in [0.2, 0.25) is 0 Å². The molecule has 94 valence electrons. The normalized spacial score (nSPS) is 15.6. The van der Waals surface area contributed by atoms with Crippen molar-refractivity contribution >= 4 is 5.84 Å². The quantitative estimate of drug-likeness (QED) is 0.316. The molecular formula is C13H21N3O. The zero-order valence-electron chi connectivity index (χ0n) is 10.6. The number of nitrogens with one attached hydrogen (secondary N) is 1. The molecule has 17 heavy (non-hydrogen) atoms. The Morgan fingerprint density at radius 1 is 1.41 bits per heavy atom. The number of hydrogen-bond donors (Lipinski definition) is 3. The Bertz CT molecular complexity index is 390. The maximum absolute atomic E-state index is 8.57. The summed E-state index contributed by atoms with van der Waals surface area (Å²) in [5.74, 6) is 0.279. The molecule has 0 saturated heterocycles. The van der Waals surface area contributed by atoms with Gasteiger partial charge in [0.25, 0.3) is 0 Å². The van der Waals surface area contributed by atoms with Gasteiger partial charge < -0.3 is 16.3 Å². The second-order valence-corrected chi connectivity index (χ2v) is 4.41. The monoisotopic (exact) mass is 235 g/mol. The van der Waals surface area contributed by atoms with Crippen molar-refractivity contribution in [2.75, 3.05) is 6.54 Å². The van der Waals surface area contributed by atoms with E-state index in [0.717, 1.165) is 0 Å². The number of hydrogen-bond acceptors (Lipinski definition) is 3. The fourth-order valence-electron chi connectivity index (χ4n) is 1.74. The Hall–Kier alpha value is -1.55. The molecule has 0 fully saturated rings. The standard InChI is InChI=1S/C13H21N3O/c1-9-6-4-5-7-12(9)11(3)15-8-10(2)13(14)16-17/h4-7,10-11,15,17H,8H2,1-3H3,(H2,14,16)/t10?,11-/m1/s1. The van der Waals surface area contributed by atoms with Crippen LogP contribution in [0.5, 0.6) is 0 Å². The molecule has 1 aromatic carbocycles. The van der Waals surface area contributed by atoms with Gasteiger partial charge in [-0.1, -0.05) is 36.3 Å². The highest BCUT2D eigenvalue weighted by Crippen LogP contribution is 2.16. The number of amidine groups is 1. The van der Waals surface area contributed by atoms with E-state index in [0.29, 0.717) is 6.54 Å². The maximum atomic E-state index is 8.57. The fourth-order valence-corrected chi connectivity index (χ4v) is 1.74. The fraction of sp³-hybridized carbons (Fsp3) is 0.462. The molecule has 1 unspecified atom stereocenters. The molecule has 4 heteroatoms. The van der Waals surface area contributed by atoms with Gasteiger partial charge in [0.1, 0.15) is 5.84 Å². The molecule has 0 aliphatic carbocycles. The van der Waals surface area contributed by atoms with Crippen LogP contribution in [0, 0.1) is 12.8 Å². The maximum Gasteiger partial charge on any atom is 0.143 e. The molecule has 4 nitrogen and oxygen atoms in total. The molecule has 0 radical (unpaired) electrons. The van der Waals surface area contributed by atoms with Crippen LogP contribution in [0.3, 0.4) is 0 Å². The van der Waals surface area contributed by atoms with Crippen molar-refractivity contribution in [3.63, 3.8) is 0 Å². The summed E-state index contributed by atoms with van der Waals surface area (Å²) in [6.07, 6.45) is 0. The average molecular weight is 235 g/mol. The van der Waals surface area contributed by atoms with Gasteiger partial charge >= 0.3 is 0 Å². The van der Waals surface area contributed by atoms with Gasteiger partial charge in [-0.15, -0.1) is 0 Å². The lowest BCUT2D eigenvalue weighted by Crippen LogP contribution is -2.32. The first kappa shape index (κ1) is 13.5. The summed E-state index contributed by atoms with van der Waals surface area (Å²) in [7, 11) is 0. The Kier molecular flexibility index (Phi) is 4.97. The SMILES string of the molecule is Cc1ccccc1[C@@H](C)NCC(C)/C(N)=N/O. The van der Waals surface area contributed by atoms with Crippen molar-refractivity contribution in [3.8, 4) is 0 Å². The van der Waals surface area contributed by atoms with Crippen molar-refractivity contribution < 1.29 is 5.21 Å². The van der Waals surface area contributed by atoms with Gasteiger partial charge in [0.15, 0.2) is 0 Å². The number of aryl methyl sites for hydroxylation is 1. The minimum Gasteiger partial charge on any atom is -0.409 e. The van der Waals surface area contributed by atoms with E-state index in [2.05, 4.69) is 36.5 Å². The smallest absolute Gasteiger partial charge is 0.143 e. The van der Waals surface area contributed by atoms with Crippen LogP contribution < -0.4 is 11.1 Å². The van der Waals surface area contributed by atoms with Gasteiger partial charge in [-0.25, -0.2) is 0 Å². The first-order valence-electron chi connectivity index (χ1n) is 5.82. The molecular weight excluding hydrogens is 214 g/mol. The predicted octanol–water partition coefficient (Wildman–Crippen LogP) is 2.03. The summed E-state index contributed by atoms with van der Waals surface area (Å²) in [6.45, 7) is 6.82. The number of nitrogens with two attached hydrogens (primary N) is 1. The van der Waals surface area contributed by atoms with Crippen LogP contribution in [0.4, 0.5) is 0 Å². The van der Waals surface area contributed by atoms with E-state index in [4.69, 9.17) is 10.9 Å². The first-order chi connectivity index (χ1) is 8.06. The van der Waals surface area contributed by atoms with E-state index in [1.165, 1.54) is 11.1 Å². The molecule has 0 aliphatic heterocycles. The highest BCUT2D eigenvalue weighted by Gasteiger charge is 2.11. The van der Waals surface area contributed by atoms with Crippen LogP contribution >= 0.6 is 0 Å². The minimum atomic E-state index is 0.0199. The third-order valence-corrected chi connectivity index (χ3v) is 3.01. The molecule has 0 aliphatic rings. The first-order valence-corrected chi connectivity index (χ1v) is 5.82. The second kappa shape index (κ2) is 6.25. The van der Waals surface area contributed by atoms with Gasteiger partial charge in [-0.05, 0) is 25.0 Å². The third kappa shape index (κ3) is 3.75. The summed E-state index contributed by atoms with van der Waals surface area (Å²) in [5.41, 5.74) is 8.08. The Balaban J connectivity index is 2.56. The summed E-state index contributed by atoms with van der Waals surface area (Å²) >= 11 is 0. The molecule has 2 atom stereocenters. The second-order valence-electron chi connectivity index (χ2n) is 4.41. The molecule has 4 N–H and O–H groups in total. The molecule has 0 spiro atoms. The molecule has 0 saturated carbocycles. The van der Waals surface area contributed by atoms with Gasteiger partial charge in [-0.3, -0.25) is 0 Å².